The van der Waals surface area contributed by atoms with Crippen LogP contribution in [0.25, 0.3) is 0 Å². The van der Waals surface area contributed by atoms with Gasteiger partial charge in [0, 0.05) is 0 Å². The van der Waals surface area contributed by atoms with Crippen LogP contribution < -0.4 is 0 Å². The summed E-state index contributed by atoms with van der Waals surface area (Å²) in [6, 6.07) is 18.1. The number of hydrogen-bond acceptors (Lipinski definition) is 1. The minimum Gasteiger partial charge on any atom is -0.376 e. The van der Waals surface area contributed by atoms with E-state index in [4.69, 9.17) is 0 Å². The summed E-state index contributed by atoms with van der Waals surface area (Å²) >= 11 is 3.44. The molecule has 0 spiro atoms. The fourth-order valence-corrected chi connectivity index (χ4v) is 2.37. The molecule has 2 aromatic rings. The van der Waals surface area contributed by atoms with Crippen molar-refractivity contribution < 1.29 is 5.11 Å². The van der Waals surface area contributed by atoms with Crippen LogP contribution in [0.2, 0.25) is 0 Å². The van der Waals surface area contributed by atoms with Crippen LogP contribution in [0.4, 0.5) is 0 Å². The number of aryl methyl sites for hydroxylation is 2. The van der Waals surface area contributed by atoms with Gasteiger partial charge in [-0.1, -0.05) is 78.1 Å². The number of allylic oxidation sites excluding steroid dienone is 2. The summed E-state index contributed by atoms with van der Waals surface area (Å²) < 4.78 is 0.814. The van der Waals surface area contributed by atoms with E-state index in [2.05, 4.69) is 39.9 Å². The number of aliphatic hydroxyl groups excluding tert-OH is 1. The van der Waals surface area contributed by atoms with E-state index < -0.39 is 6.10 Å². The van der Waals surface area contributed by atoms with Crippen molar-refractivity contribution in [2.75, 3.05) is 0 Å². The molecule has 0 amide bonds. The van der Waals surface area contributed by atoms with Gasteiger partial charge in [0.25, 0.3) is 0 Å². The Hall–Kier alpha value is -1.82. The van der Waals surface area contributed by atoms with Crippen LogP contribution in [-0.2, 0) is 6.42 Å². The molecule has 22 heavy (non-hydrogen) atoms. The van der Waals surface area contributed by atoms with Gasteiger partial charge in [-0.2, -0.15) is 0 Å². The van der Waals surface area contributed by atoms with Gasteiger partial charge in [-0.15, -0.1) is 0 Å². The highest BCUT2D eigenvalue weighted by atomic mass is 79.9. The molecule has 2 rings (SSSR count). The fraction of sp³-hybridized carbons (Fsp3) is 0.200. The van der Waals surface area contributed by atoms with E-state index in [0.29, 0.717) is 0 Å². The zero-order valence-electron chi connectivity index (χ0n) is 12.6. The van der Waals surface area contributed by atoms with Crippen LogP contribution in [0.15, 0.2) is 65.2 Å². The van der Waals surface area contributed by atoms with Crippen molar-refractivity contribution >= 4 is 15.9 Å². The van der Waals surface area contributed by atoms with Crippen molar-refractivity contribution in [1.82, 2.24) is 0 Å². The van der Waals surface area contributed by atoms with Crippen molar-refractivity contribution in [3.63, 3.8) is 0 Å². The third-order valence-electron chi connectivity index (χ3n) is 3.32. The number of rotatable bonds is 4. The van der Waals surface area contributed by atoms with E-state index in [-0.39, 0.29) is 0 Å². The van der Waals surface area contributed by atoms with Gasteiger partial charge >= 0.3 is 0 Å². The van der Waals surface area contributed by atoms with Crippen molar-refractivity contribution in [2.45, 2.75) is 25.9 Å². The highest BCUT2D eigenvalue weighted by Crippen LogP contribution is 2.14. The molecule has 0 aromatic heterocycles. The lowest BCUT2D eigenvalue weighted by Gasteiger charge is -2.03. The smallest absolute Gasteiger partial charge is 0.140 e. The Labute approximate surface area is 140 Å². The summed E-state index contributed by atoms with van der Waals surface area (Å²) in [7, 11) is 0. The highest BCUT2D eigenvalue weighted by molar-refractivity contribution is 9.12. The molecule has 0 aliphatic carbocycles. The lowest BCUT2D eigenvalue weighted by molar-refractivity contribution is 0.238. The molecule has 0 bridgehead atoms. The normalized spacial score (nSPS) is 12.4. The second kappa shape index (κ2) is 8.58. The van der Waals surface area contributed by atoms with Gasteiger partial charge in [0.15, 0.2) is 0 Å². The zero-order valence-corrected chi connectivity index (χ0v) is 14.2. The first-order valence-corrected chi connectivity index (χ1v) is 8.10. The fourth-order valence-electron chi connectivity index (χ4n) is 2.03. The molecule has 0 aliphatic heterocycles. The van der Waals surface area contributed by atoms with E-state index in [9.17, 15) is 5.11 Å². The van der Waals surface area contributed by atoms with Gasteiger partial charge in [0.2, 0.25) is 0 Å². The molecule has 2 aromatic carbocycles. The Morgan fingerprint density at radius 3 is 2.50 bits per heavy atom. The molecular formula is C20H19BrO. The second-order valence-electron chi connectivity index (χ2n) is 5.16. The second-order valence-corrected chi connectivity index (χ2v) is 6.01. The van der Waals surface area contributed by atoms with Crippen LogP contribution in [0.3, 0.4) is 0 Å². The maximum absolute atomic E-state index is 10.0. The Bertz CT molecular complexity index is 675. The summed E-state index contributed by atoms with van der Waals surface area (Å²) in [5, 5.41) is 10.0. The maximum Gasteiger partial charge on any atom is 0.140 e. The molecule has 2 heteroatoms. The topological polar surface area (TPSA) is 20.2 Å². The van der Waals surface area contributed by atoms with E-state index in [1.807, 2.05) is 55.5 Å². The first kappa shape index (κ1) is 16.5. The molecule has 0 aliphatic rings. The Morgan fingerprint density at radius 2 is 1.82 bits per heavy atom. The summed E-state index contributed by atoms with van der Waals surface area (Å²) in [5.41, 5.74) is 3.31. The van der Waals surface area contributed by atoms with Crippen LogP contribution in [0.1, 0.15) is 29.2 Å². The van der Waals surface area contributed by atoms with Crippen LogP contribution in [-0.4, -0.2) is 5.11 Å². The van der Waals surface area contributed by atoms with E-state index in [0.717, 1.165) is 22.9 Å². The van der Waals surface area contributed by atoms with Gasteiger partial charge < -0.3 is 5.11 Å². The summed E-state index contributed by atoms with van der Waals surface area (Å²) in [6.45, 7) is 2.02. The highest BCUT2D eigenvalue weighted by Gasteiger charge is 2.02. The Kier molecular flexibility index (Phi) is 6.45. The molecule has 0 saturated carbocycles. The van der Waals surface area contributed by atoms with Gasteiger partial charge in [0.1, 0.15) is 6.10 Å². The summed E-state index contributed by atoms with van der Waals surface area (Å²) in [6.07, 6.45) is 3.19. The maximum atomic E-state index is 10.0. The van der Waals surface area contributed by atoms with E-state index in [1.165, 1.54) is 11.1 Å². The van der Waals surface area contributed by atoms with Crippen LogP contribution >= 0.6 is 15.9 Å². The third kappa shape index (κ3) is 5.52. The Balaban J connectivity index is 1.89. The minimum atomic E-state index is -0.754. The number of hydrogen-bond donors (Lipinski definition) is 1. The van der Waals surface area contributed by atoms with E-state index in [1.54, 1.807) is 0 Å². The quantitative estimate of drug-likeness (QED) is 0.770. The van der Waals surface area contributed by atoms with Crippen LogP contribution in [0, 0.1) is 18.8 Å². The largest absolute Gasteiger partial charge is 0.376 e. The number of halogens is 1. The van der Waals surface area contributed by atoms with Gasteiger partial charge in [-0.25, -0.2) is 0 Å². The van der Waals surface area contributed by atoms with Crippen molar-refractivity contribution in [1.29, 1.82) is 0 Å². The van der Waals surface area contributed by atoms with Crippen molar-refractivity contribution in [2.24, 2.45) is 0 Å². The molecule has 0 heterocycles. The standard InChI is InChI=1S/C20H19BrO/c1-16-10-12-18(13-11-16)20(22)15-14-19(21)9-5-8-17-6-3-2-4-7-17/h2-4,6-7,9-13,20,22H,5,8H2,1H3/b19-9-. The van der Waals surface area contributed by atoms with Gasteiger partial charge in [-0.05, 0) is 46.8 Å². The molecular weight excluding hydrogens is 336 g/mol. The minimum absolute atomic E-state index is 0.754. The lowest BCUT2D eigenvalue weighted by Crippen LogP contribution is -1.93. The first-order chi connectivity index (χ1) is 10.6. The van der Waals surface area contributed by atoms with Gasteiger partial charge in [0.05, 0.1) is 4.48 Å². The van der Waals surface area contributed by atoms with E-state index >= 15 is 0 Å². The predicted octanol–water partition coefficient (Wildman–Crippen LogP) is 4.94. The van der Waals surface area contributed by atoms with Crippen molar-refractivity contribution in [3.8, 4) is 11.8 Å². The molecule has 1 nitrogen and oxygen atoms in total. The lowest BCUT2D eigenvalue weighted by atomic mass is 10.1. The predicted molar refractivity (Wildman–Crippen MR) is 95.7 cm³/mol. The average molecular weight is 355 g/mol. The van der Waals surface area contributed by atoms with Crippen LogP contribution in [0.5, 0.6) is 0 Å². The molecule has 1 N–H and O–H groups in total. The molecule has 112 valence electrons. The summed E-state index contributed by atoms with van der Waals surface area (Å²) in [4.78, 5) is 0. The van der Waals surface area contributed by atoms with Crippen molar-refractivity contribution in [3.05, 3.63) is 81.8 Å². The molecule has 0 radical (unpaired) electrons. The molecule has 0 fully saturated rings. The molecule has 0 saturated heterocycles. The Morgan fingerprint density at radius 1 is 1.14 bits per heavy atom. The average Bonchev–Trinajstić information content (AvgIpc) is 2.54. The third-order valence-corrected chi connectivity index (χ3v) is 3.84. The molecule has 1 atom stereocenters. The first-order valence-electron chi connectivity index (χ1n) is 7.31. The number of benzene rings is 2. The summed E-state index contributed by atoms with van der Waals surface area (Å²) in [5.74, 6) is 5.82. The SMILES string of the molecule is Cc1ccc(C(O)C#C/C(Br)=C/CCc2ccccc2)cc1. The van der Waals surface area contributed by atoms with Gasteiger partial charge in [-0.3, -0.25) is 0 Å². The number of aliphatic hydroxyl groups is 1. The zero-order chi connectivity index (χ0) is 15.8. The monoisotopic (exact) mass is 354 g/mol. The molecule has 1 unspecified atom stereocenters.